The molecule has 0 saturated carbocycles. The third-order valence-corrected chi connectivity index (χ3v) is 3.87. The molecule has 0 fully saturated rings. The van der Waals surface area contributed by atoms with Crippen molar-refractivity contribution in [1.29, 1.82) is 0 Å². The lowest BCUT2D eigenvalue weighted by molar-refractivity contribution is 0.158. The predicted octanol–water partition coefficient (Wildman–Crippen LogP) is 0.643. The Morgan fingerprint density at radius 1 is 1.37 bits per heavy atom. The fourth-order valence-corrected chi connectivity index (χ4v) is 3.04. The van der Waals surface area contributed by atoms with Crippen molar-refractivity contribution >= 4 is 10.0 Å². The van der Waals surface area contributed by atoms with Crippen LogP contribution in [-0.2, 0) is 20.5 Å². The summed E-state index contributed by atoms with van der Waals surface area (Å²) in [6, 6.07) is 4.80. The van der Waals surface area contributed by atoms with Gasteiger partial charge < -0.3 is 9.84 Å². The molecule has 108 valence electrons. The maximum absolute atomic E-state index is 12.7. The van der Waals surface area contributed by atoms with Crippen LogP contribution in [0.25, 0.3) is 0 Å². The Morgan fingerprint density at radius 3 is 2.53 bits per heavy atom. The molecule has 1 aromatic carbocycles. The minimum Gasteiger partial charge on any atom is -0.396 e. The number of methoxy groups -OCH3 is 1. The van der Waals surface area contributed by atoms with E-state index in [1.165, 1.54) is 31.4 Å². The summed E-state index contributed by atoms with van der Waals surface area (Å²) in [7, 11) is -2.10. The van der Waals surface area contributed by atoms with Crippen molar-refractivity contribution in [1.82, 2.24) is 4.72 Å². The van der Waals surface area contributed by atoms with Crippen molar-refractivity contribution in [3.8, 4) is 0 Å². The molecule has 1 aromatic rings. The Bertz CT molecular complexity index is 469. The van der Waals surface area contributed by atoms with E-state index in [0.717, 1.165) is 0 Å². The molecule has 0 saturated heterocycles. The van der Waals surface area contributed by atoms with Crippen LogP contribution >= 0.6 is 0 Å². The van der Waals surface area contributed by atoms with E-state index in [-0.39, 0.29) is 25.4 Å². The lowest BCUT2D eigenvalue weighted by Crippen LogP contribution is -2.39. The van der Waals surface area contributed by atoms with Crippen LogP contribution in [0.5, 0.6) is 0 Å². The fraction of sp³-hybridized carbons (Fsp3) is 0.500. The first kappa shape index (κ1) is 16.0. The Balaban J connectivity index is 2.66. The molecule has 5 nitrogen and oxygen atoms in total. The van der Waals surface area contributed by atoms with Gasteiger partial charge in [-0.25, -0.2) is 17.5 Å². The van der Waals surface area contributed by atoms with Crippen LogP contribution in [0.15, 0.2) is 24.3 Å². The minimum absolute atomic E-state index is 0.132. The fourth-order valence-electron chi connectivity index (χ4n) is 1.63. The van der Waals surface area contributed by atoms with Gasteiger partial charge in [0.25, 0.3) is 0 Å². The lowest BCUT2D eigenvalue weighted by atomic mass is 10.2. The minimum atomic E-state index is -3.55. The largest absolute Gasteiger partial charge is 0.396 e. The van der Waals surface area contributed by atoms with Gasteiger partial charge in [0.05, 0.1) is 12.4 Å². The van der Waals surface area contributed by atoms with Gasteiger partial charge in [-0.15, -0.1) is 0 Å². The Hall–Kier alpha value is -1.02. The molecule has 1 rings (SSSR count). The van der Waals surface area contributed by atoms with Crippen LogP contribution in [-0.4, -0.2) is 39.9 Å². The number of aliphatic hydroxyl groups is 1. The average molecular weight is 291 g/mol. The van der Waals surface area contributed by atoms with Crippen molar-refractivity contribution in [2.24, 2.45) is 0 Å². The van der Waals surface area contributed by atoms with Crippen molar-refractivity contribution in [3.05, 3.63) is 35.6 Å². The van der Waals surface area contributed by atoms with Crippen molar-refractivity contribution in [3.63, 3.8) is 0 Å². The molecule has 0 spiro atoms. The molecule has 0 radical (unpaired) electrons. The van der Waals surface area contributed by atoms with Gasteiger partial charge in [0.2, 0.25) is 10.0 Å². The Kier molecular flexibility index (Phi) is 6.36. The molecule has 0 amide bonds. The first-order valence-corrected chi connectivity index (χ1v) is 7.46. The highest BCUT2D eigenvalue weighted by atomic mass is 32.2. The van der Waals surface area contributed by atoms with E-state index in [1.807, 2.05) is 0 Å². The molecule has 0 bridgehead atoms. The van der Waals surface area contributed by atoms with Gasteiger partial charge in [-0.3, -0.25) is 0 Å². The third-order valence-electron chi connectivity index (χ3n) is 2.46. The van der Waals surface area contributed by atoms with Gasteiger partial charge in [0.1, 0.15) is 5.82 Å². The van der Waals surface area contributed by atoms with Gasteiger partial charge >= 0.3 is 0 Å². The van der Waals surface area contributed by atoms with Gasteiger partial charge in [0, 0.05) is 19.8 Å². The van der Waals surface area contributed by atoms with Crippen LogP contribution < -0.4 is 4.72 Å². The molecule has 1 atom stereocenters. The summed E-state index contributed by atoms with van der Waals surface area (Å²) >= 11 is 0. The number of halogens is 1. The van der Waals surface area contributed by atoms with E-state index in [1.54, 1.807) is 0 Å². The molecular formula is C12H18FNO4S. The van der Waals surface area contributed by atoms with Gasteiger partial charge in [0.15, 0.2) is 0 Å². The van der Waals surface area contributed by atoms with Gasteiger partial charge in [-0.2, -0.15) is 0 Å². The van der Waals surface area contributed by atoms with Crippen LogP contribution in [0.2, 0.25) is 0 Å². The number of ether oxygens (including phenoxy) is 1. The van der Waals surface area contributed by atoms with Crippen LogP contribution in [0.1, 0.15) is 12.0 Å². The quantitative estimate of drug-likeness (QED) is 0.737. The summed E-state index contributed by atoms with van der Waals surface area (Å²) in [5, 5.41) is 8.85. The van der Waals surface area contributed by atoms with E-state index in [2.05, 4.69) is 4.72 Å². The first-order valence-electron chi connectivity index (χ1n) is 5.81. The molecule has 0 aliphatic heterocycles. The lowest BCUT2D eigenvalue weighted by Gasteiger charge is -2.16. The Morgan fingerprint density at radius 2 is 2.00 bits per heavy atom. The van der Waals surface area contributed by atoms with Crippen molar-refractivity contribution in [2.45, 2.75) is 18.2 Å². The molecule has 7 heteroatoms. The monoisotopic (exact) mass is 291 g/mol. The Labute approximate surface area is 112 Å². The maximum atomic E-state index is 12.7. The number of hydrogen-bond acceptors (Lipinski definition) is 4. The highest BCUT2D eigenvalue weighted by molar-refractivity contribution is 7.88. The second-order valence-corrected chi connectivity index (χ2v) is 5.92. The summed E-state index contributed by atoms with van der Waals surface area (Å²) in [6.45, 7) is 0.0519. The van der Waals surface area contributed by atoms with E-state index in [4.69, 9.17) is 9.84 Å². The van der Waals surface area contributed by atoms with E-state index in [9.17, 15) is 12.8 Å². The van der Waals surface area contributed by atoms with Gasteiger partial charge in [-0.05, 0) is 24.1 Å². The standard InChI is InChI=1S/C12H18FNO4S/c1-18-8-12(6-7-15)14-19(16,17)9-10-2-4-11(13)5-3-10/h2-5,12,14-15H,6-9H2,1H3. The number of sulfonamides is 1. The number of aliphatic hydroxyl groups excluding tert-OH is 1. The van der Waals surface area contributed by atoms with Crippen molar-refractivity contribution in [2.75, 3.05) is 20.3 Å². The van der Waals surface area contributed by atoms with Crippen LogP contribution in [0.4, 0.5) is 4.39 Å². The summed E-state index contributed by atoms with van der Waals surface area (Å²) < 4.78 is 43.9. The molecule has 0 aliphatic carbocycles. The normalized spacial score (nSPS) is 13.4. The number of benzene rings is 1. The zero-order valence-electron chi connectivity index (χ0n) is 10.7. The van der Waals surface area contributed by atoms with Crippen LogP contribution in [0, 0.1) is 5.82 Å². The number of rotatable bonds is 8. The highest BCUT2D eigenvalue weighted by Crippen LogP contribution is 2.08. The summed E-state index contributed by atoms with van der Waals surface area (Å²) in [5.41, 5.74) is 0.495. The zero-order valence-corrected chi connectivity index (χ0v) is 11.5. The zero-order chi connectivity index (χ0) is 14.3. The summed E-state index contributed by atoms with van der Waals surface area (Å²) in [5.74, 6) is -0.648. The van der Waals surface area contributed by atoms with E-state index in [0.29, 0.717) is 5.56 Å². The summed E-state index contributed by atoms with van der Waals surface area (Å²) in [4.78, 5) is 0. The molecule has 2 N–H and O–H groups in total. The number of hydrogen-bond donors (Lipinski definition) is 2. The topological polar surface area (TPSA) is 75.6 Å². The highest BCUT2D eigenvalue weighted by Gasteiger charge is 2.18. The smallest absolute Gasteiger partial charge is 0.216 e. The molecule has 1 unspecified atom stereocenters. The molecule has 0 aliphatic rings. The van der Waals surface area contributed by atoms with E-state index >= 15 is 0 Å². The van der Waals surface area contributed by atoms with E-state index < -0.39 is 21.9 Å². The molecule has 19 heavy (non-hydrogen) atoms. The average Bonchev–Trinajstić information content (AvgIpc) is 2.32. The SMILES string of the molecule is COCC(CCO)NS(=O)(=O)Cc1ccc(F)cc1. The van der Waals surface area contributed by atoms with Gasteiger partial charge in [-0.1, -0.05) is 12.1 Å². The molecule has 0 heterocycles. The van der Waals surface area contributed by atoms with Crippen molar-refractivity contribution < 1.29 is 22.7 Å². The molecule has 0 aromatic heterocycles. The third kappa shape index (κ3) is 6.11. The first-order chi connectivity index (χ1) is 8.96. The van der Waals surface area contributed by atoms with Crippen LogP contribution in [0.3, 0.4) is 0 Å². The summed E-state index contributed by atoms with van der Waals surface area (Å²) in [6.07, 6.45) is 0.274. The maximum Gasteiger partial charge on any atom is 0.216 e. The second-order valence-electron chi connectivity index (χ2n) is 4.17. The second kappa shape index (κ2) is 7.54. The molecular weight excluding hydrogens is 273 g/mol. The number of nitrogens with one attached hydrogen (secondary N) is 1. The predicted molar refractivity (Wildman–Crippen MR) is 69.5 cm³/mol.